The van der Waals surface area contributed by atoms with Crippen LogP contribution in [0, 0.1) is 0 Å². The summed E-state index contributed by atoms with van der Waals surface area (Å²) in [5, 5.41) is 16.3. The predicted molar refractivity (Wildman–Crippen MR) is 102 cm³/mol. The van der Waals surface area contributed by atoms with Crippen LogP contribution in [0.15, 0.2) is 34.9 Å². The Bertz CT molecular complexity index is 905. The number of nitrogens with zero attached hydrogens (tertiary/aromatic N) is 1. The number of carbonyl (C=O) groups is 1. The zero-order valence-corrected chi connectivity index (χ0v) is 16.9. The quantitative estimate of drug-likeness (QED) is 0.496. The largest absolute Gasteiger partial charge is 0.386 e. The van der Waals surface area contributed by atoms with Crippen LogP contribution in [-0.2, 0) is 21.4 Å². The maximum absolute atomic E-state index is 13.2. The van der Waals surface area contributed by atoms with Crippen molar-refractivity contribution in [3.05, 3.63) is 41.6 Å². The molecule has 1 aromatic heterocycles. The first-order valence-electron chi connectivity index (χ1n) is 7.94. The van der Waals surface area contributed by atoms with Crippen molar-refractivity contribution in [2.24, 2.45) is 0 Å². The van der Waals surface area contributed by atoms with Gasteiger partial charge in [0, 0.05) is 11.6 Å². The maximum Gasteiger partial charge on any atom is 0.253 e. The van der Waals surface area contributed by atoms with E-state index in [1.54, 1.807) is 18.2 Å². The van der Waals surface area contributed by atoms with Crippen molar-refractivity contribution >= 4 is 39.1 Å². The number of benzene rings is 1. The molecule has 3 N–H and O–H groups in total. The van der Waals surface area contributed by atoms with E-state index in [0.717, 1.165) is 6.26 Å². The second kappa shape index (κ2) is 9.66. The van der Waals surface area contributed by atoms with Crippen molar-refractivity contribution in [3.8, 4) is 11.3 Å². The van der Waals surface area contributed by atoms with Crippen LogP contribution in [0.25, 0.3) is 11.3 Å². The van der Waals surface area contributed by atoms with Crippen LogP contribution in [0.3, 0.4) is 0 Å². The third-order valence-corrected chi connectivity index (χ3v) is 4.75. The number of alkyl halides is 3. The molecule has 0 aliphatic carbocycles. The number of amides is 1. The number of hydrogen-bond donors (Lipinski definition) is 3. The number of carbonyl (C=O) groups excluding carboxylic acids is 1. The molecule has 0 aliphatic rings. The monoisotopic (exact) mass is 453 g/mol. The van der Waals surface area contributed by atoms with E-state index in [0.29, 0.717) is 22.6 Å². The first-order valence-corrected chi connectivity index (χ1v) is 10.7. The van der Waals surface area contributed by atoms with Crippen molar-refractivity contribution in [2.45, 2.75) is 23.5 Å². The lowest BCUT2D eigenvalue weighted by Crippen LogP contribution is -2.43. The number of nitrogens with one attached hydrogen (secondary N) is 2. The standard InChI is InChI=1S/C16H18Cl2FN3O5S/c1-28(25,26)20-8-11-6-13(27-22-11)9-2-4-10(5-3-9)14(23)12(7-19)21-16(24)15(17)18/h2-6,12,14-15,20,23H,7-8H2,1H3,(H,21,24)/t12-,14+/m1/s1. The highest BCUT2D eigenvalue weighted by Crippen LogP contribution is 2.24. The Morgan fingerprint density at radius 2 is 1.96 bits per heavy atom. The SMILES string of the molecule is CS(=O)(=O)NCc1cc(-c2ccc([C@H](O)[C@@H](CF)NC(=O)C(Cl)Cl)cc2)on1. The summed E-state index contributed by atoms with van der Waals surface area (Å²) >= 11 is 10.8. The number of aromatic nitrogens is 1. The van der Waals surface area contributed by atoms with E-state index in [4.69, 9.17) is 27.7 Å². The zero-order chi connectivity index (χ0) is 20.9. The van der Waals surface area contributed by atoms with Crippen molar-refractivity contribution in [3.63, 3.8) is 0 Å². The summed E-state index contributed by atoms with van der Waals surface area (Å²) in [7, 11) is -3.35. The van der Waals surface area contributed by atoms with Gasteiger partial charge in [-0.05, 0) is 5.56 Å². The van der Waals surface area contributed by atoms with Crippen molar-refractivity contribution in [2.75, 3.05) is 12.9 Å². The van der Waals surface area contributed by atoms with Gasteiger partial charge in [-0.25, -0.2) is 17.5 Å². The van der Waals surface area contributed by atoms with Gasteiger partial charge in [0.25, 0.3) is 5.91 Å². The molecular weight excluding hydrogens is 436 g/mol. The molecule has 2 aromatic rings. The molecule has 1 heterocycles. The van der Waals surface area contributed by atoms with Crippen LogP contribution in [-0.4, -0.2) is 48.4 Å². The van der Waals surface area contributed by atoms with Gasteiger partial charge in [-0.2, -0.15) is 0 Å². The third kappa shape index (κ3) is 6.42. The number of aliphatic hydroxyl groups excluding tert-OH is 1. The molecule has 2 atom stereocenters. The predicted octanol–water partition coefficient (Wildman–Crippen LogP) is 1.68. The summed E-state index contributed by atoms with van der Waals surface area (Å²) in [6.45, 7) is -1.03. The highest BCUT2D eigenvalue weighted by atomic mass is 35.5. The van der Waals surface area contributed by atoms with E-state index in [-0.39, 0.29) is 6.54 Å². The number of hydrogen-bond acceptors (Lipinski definition) is 6. The van der Waals surface area contributed by atoms with Gasteiger partial charge in [-0.1, -0.05) is 52.6 Å². The minimum atomic E-state index is -3.35. The second-order valence-corrected chi connectivity index (χ2v) is 8.84. The van der Waals surface area contributed by atoms with Gasteiger partial charge in [0.05, 0.1) is 24.5 Å². The van der Waals surface area contributed by atoms with Crippen LogP contribution >= 0.6 is 23.2 Å². The lowest BCUT2D eigenvalue weighted by Gasteiger charge is -2.22. The highest BCUT2D eigenvalue weighted by molar-refractivity contribution is 7.88. The van der Waals surface area contributed by atoms with Crippen LogP contribution in [0.5, 0.6) is 0 Å². The van der Waals surface area contributed by atoms with Gasteiger partial charge in [0.2, 0.25) is 10.0 Å². The van der Waals surface area contributed by atoms with Gasteiger partial charge >= 0.3 is 0 Å². The fourth-order valence-electron chi connectivity index (χ4n) is 2.26. The normalized spacial score (nSPS) is 14.1. The Morgan fingerprint density at radius 1 is 1.32 bits per heavy atom. The number of halogens is 3. The van der Waals surface area contributed by atoms with E-state index in [1.165, 1.54) is 12.1 Å². The van der Waals surface area contributed by atoms with Gasteiger partial charge < -0.3 is 14.9 Å². The fraction of sp³-hybridized carbons (Fsp3) is 0.375. The second-order valence-electron chi connectivity index (χ2n) is 5.91. The number of rotatable bonds is 9. The Hall–Kier alpha value is -1.72. The molecule has 2 rings (SSSR count). The van der Waals surface area contributed by atoms with Crippen LogP contribution < -0.4 is 10.0 Å². The summed E-state index contributed by atoms with van der Waals surface area (Å²) in [5.41, 5.74) is 1.35. The van der Waals surface area contributed by atoms with Crippen molar-refractivity contribution in [1.82, 2.24) is 15.2 Å². The van der Waals surface area contributed by atoms with E-state index in [9.17, 15) is 22.7 Å². The van der Waals surface area contributed by atoms with Crippen molar-refractivity contribution in [1.29, 1.82) is 0 Å². The summed E-state index contributed by atoms with van der Waals surface area (Å²) in [6.07, 6.45) is -0.287. The fourth-order valence-corrected chi connectivity index (χ4v) is 2.80. The molecule has 0 unspecified atom stereocenters. The van der Waals surface area contributed by atoms with Gasteiger partial charge in [-0.15, -0.1) is 0 Å². The average Bonchev–Trinajstić information content (AvgIpc) is 3.12. The molecule has 8 nitrogen and oxygen atoms in total. The molecule has 0 saturated heterocycles. The van der Waals surface area contributed by atoms with Crippen molar-refractivity contribution < 1.29 is 27.2 Å². The maximum atomic E-state index is 13.2. The third-order valence-electron chi connectivity index (χ3n) is 3.68. The van der Waals surface area contributed by atoms with Crippen LogP contribution in [0.4, 0.5) is 4.39 Å². The van der Waals surface area contributed by atoms with Crippen LogP contribution in [0.2, 0.25) is 0 Å². The van der Waals surface area contributed by atoms with E-state index >= 15 is 0 Å². The molecule has 154 valence electrons. The van der Waals surface area contributed by atoms with Gasteiger partial charge in [0.1, 0.15) is 12.8 Å². The minimum absolute atomic E-state index is 0.0147. The molecule has 1 amide bonds. The molecule has 1 aromatic carbocycles. The molecule has 0 aliphatic heterocycles. The average molecular weight is 454 g/mol. The Labute approximate surface area is 171 Å². The van der Waals surface area contributed by atoms with Gasteiger partial charge in [-0.3, -0.25) is 4.79 Å². The lowest BCUT2D eigenvalue weighted by atomic mass is 10.0. The summed E-state index contributed by atoms with van der Waals surface area (Å²) in [4.78, 5) is 10.1. The molecule has 0 bridgehead atoms. The summed E-state index contributed by atoms with van der Waals surface area (Å²) in [5.74, 6) is -0.424. The summed E-state index contributed by atoms with van der Waals surface area (Å²) < 4.78 is 42.9. The lowest BCUT2D eigenvalue weighted by molar-refractivity contribution is -0.121. The minimum Gasteiger partial charge on any atom is -0.386 e. The first kappa shape index (κ1) is 22.6. The topological polar surface area (TPSA) is 122 Å². The Balaban J connectivity index is 2.08. The van der Waals surface area contributed by atoms with E-state index in [1.807, 2.05) is 0 Å². The highest BCUT2D eigenvalue weighted by Gasteiger charge is 2.25. The van der Waals surface area contributed by atoms with Gasteiger partial charge in [0.15, 0.2) is 10.6 Å². The number of sulfonamides is 1. The van der Waals surface area contributed by atoms with E-state index < -0.39 is 39.6 Å². The molecule has 0 fully saturated rings. The molecular formula is C16H18Cl2FN3O5S. The molecule has 28 heavy (non-hydrogen) atoms. The Morgan fingerprint density at radius 3 is 2.50 bits per heavy atom. The summed E-state index contributed by atoms with van der Waals surface area (Å²) in [6, 6.07) is 6.63. The first-order chi connectivity index (χ1) is 13.1. The smallest absolute Gasteiger partial charge is 0.253 e. The zero-order valence-electron chi connectivity index (χ0n) is 14.6. The molecule has 0 spiro atoms. The van der Waals surface area contributed by atoms with Crippen LogP contribution in [0.1, 0.15) is 17.4 Å². The molecule has 0 radical (unpaired) electrons. The van der Waals surface area contributed by atoms with E-state index in [2.05, 4.69) is 15.2 Å². The molecule has 0 saturated carbocycles. The molecule has 12 heteroatoms. The number of aliphatic hydroxyl groups is 1. The Kier molecular flexibility index (Phi) is 7.79.